The third kappa shape index (κ3) is 2.49. The highest BCUT2D eigenvalue weighted by atomic mass is 19.1. The molecule has 2 rings (SSSR count). The predicted molar refractivity (Wildman–Crippen MR) is 63.7 cm³/mol. The van der Waals surface area contributed by atoms with E-state index in [1.807, 2.05) is 6.92 Å². The molecule has 5 nitrogen and oxygen atoms in total. The quantitative estimate of drug-likeness (QED) is 0.658. The first-order valence-corrected chi connectivity index (χ1v) is 5.75. The number of nitro benzene ring substituents is 1. The Balaban J connectivity index is 2.26. The molecule has 0 aliphatic carbocycles. The van der Waals surface area contributed by atoms with Crippen molar-refractivity contribution in [3.05, 3.63) is 39.7 Å². The number of nitrogens with zero attached hydrogens (tertiary/aromatic N) is 1. The maximum Gasteiger partial charge on any atom is 0.272 e. The Morgan fingerprint density at radius 2 is 2.33 bits per heavy atom. The molecule has 1 saturated heterocycles. The SMILES string of the molecule is CC1OCCC1(N)Cc1cc(F)cc([N+](=O)[O-])c1. The van der Waals surface area contributed by atoms with Crippen molar-refractivity contribution in [1.29, 1.82) is 0 Å². The third-order valence-corrected chi connectivity index (χ3v) is 3.43. The molecule has 1 aliphatic heterocycles. The minimum atomic E-state index is -0.616. The van der Waals surface area contributed by atoms with Gasteiger partial charge in [-0.1, -0.05) is 0 Å². The summed E-state index contributed by atoms with van der Waals surface area (Å²) in [5.74, 6) is -0.616. The van der Waals surface area contributed by atoms with Gasteiger partial charge in [-0.3, -0.25) is 10.1 Å². The van der Waals surface area contributed by atoms with Crippen LogP contribution in [0.5, 0.6) is 0 Å². The number of ether oxygens (including phenoxy) is 1. The molecule has 1 aromatic rings. The van der Waals surface area contributed by atoms with E-state index in [-0.39, 0.29) is 11.8 Å². The highest BCUT2D eigenvalue weighted by Crippen LogP contribution is 2.28. The van der Waals surface area contributed by atoms with Crippen molar-refractivity contribution in [2.45, 2.75) is 31.4 Å². The fourth-order valence-corrected chi connectivity index (χ4v) is 2.25. The zero-order valence-electron chi connectivity index (χ0n) is 10.1. The molecule has 1 aliphatic rings. The summed E-state index contributed by atoms with van der Waals surface area (Å²) < 4.78 is 18.7. The van der Waals surface area contributed by atoms with E-state index in [0.29, 0.717) is 25.0 Å². The Hall–Kier alpha value is -1.53. The molecule has 1 aromatic carbocycles. The average molecular weight is 254 g/mol. The number of benzene rings is 1. The van der Waals surface area contributed by atoms with Crippen molar-refractivity contribution in [1.82, 2.24) is 0 Å². The van der Waals surface area contributed by atoms with E-state index in [0.717, 1.165) is 6.07 Å². The Kier molecular flexibility index (Phi) is 3.32. The van der Waals surface area contributed by atoms with Gasteiger partial charge in [0.25, 0.3) is 5.69 Å². The smallest absolute Gasteiger partial charge is 0.272 e. The minimum Gasteiger partial charge on any atom is -0.377 e. The molecule has 98 valence electrons. The molecule has 0 saturated carbocycles. The fourth-order valence-electron chi connectivity index (χ4n) is 2.25. The normalized spacial score (nSPS) is 27.4. The average Bonchev–Trinajstić information content (AvgIpc) is 2.58. The van der Waals surface area contributed by atoms with Crippen LogP contribution in [0.25, 0.3) is 0 Å². The number of hydrogen-bond donors (Lipinski definition) is 1. The summed E-state index contributed by atoms with van der Waals surface area (Å²) in [5, 5.41) is 10.7. The molecule has 2 N–H and O–H groups in total. The van der Waals surface area contributed by atoms with Gasteiger partial charge in [-0.05, 0) is 31.4 Å². The first-order chi connectivity index (χ1) is 8.40. The highest BCUT2D eigenvalue weighted by Gasteiger charge is 2.38. The van der Waals surface area contributed by atoms with Crippen LogP contribution in [-0.4, -0.2) is 23.2 Å². The van der Waals surface area contributed by atoms with Gasteiger partial charge < -0.3 is 10.5 Å². The van der Waals surface area contributed by atoms with Crippen molar-refractivity contribution in [3.8, 4) is 0 Å². The molecule has 2 unspecified atom stereocenters. The number of hydrogen-bond acceptors (Lipinski definition) is 4. The van der Waals surface area contributed by atoms with Crippen LogP contribution >= 0.6 is 0 Å². The van der Waals surface area contributed by atoms with Gasteiger partial charge in [0.1, 0.15) is 5.82 Å². The van der Waals surface area contributed by atoms with Crippen LogP contribution in [0.15, 0.2) is 18.2 Å². The van der Waals surface area contributed by atoms with Crippen molar-refractivity contribution < 1.29 is 14.1 Å². The van der Waals surface area contributed by atoms with Crippen molar-refractivity contribution in [2.75, 3.05) is 6.61 Å². The topological polar surface area (TPSA) is 78.4 Å². The monoisotopic (exact) mass is 254 g/mol. The molecule has 0 spiro atoms. The predicted octanol–water partition coefficient (Wildman–Crippen LogP) is 1.78. The van der Waals surface area contributed by atoms with Crippen LogP contribution in [-0.2, 0) is 11.2 Å². The van der Waals surface area contributed by atoms with E-state index in [1.165, 1.54) is 12.1 Å². The molecular formula is C12H15FN2O3. The molecule has 2 atom stereocenters. The van der Waals surface area contributed by atoms with E-state index in [9.17, 15) is 14.5 Å². The van der Waals surface area contributed by atoms with Crippen LogP contribution < -0.4 is 5.73 Å². The van der Waals surface area contributed by atoms with Crippen LogP contribution in [0.1, 0.15) is 18.9 Å². The molecule has 0 radical (unpaired) electrons. The lowest BCUT2D eigenvalue weighted by molar-refractivity contribution is -0.385. The van der Waals surface area contributed by atoms with Crippen LogP contribution in [0.2, 0.25) is 0 Å². The standard InChI is InChI=1S/C12H15FN2O3/c1-8-12(14,2-3-18-8)7-9-4-10(13)6-11(5-9)15(16)17/h4-6,8H,2-3,7,14H2,1H3. The lowest BCUT2D eigenvalue weighted by atomic mass is 9.86. The van der Waals surface area contributed by atoms with E-state index < -0.39 is 16.3 Å². The maximum atomic E-state index is 13.3. The maximum absolute atomic E-state index is 13.3. The Morgan fingerprint density at radius 3 is 2.89 bits per heavy atom. The first-order valence-electron chi connectivity index (χ1n) is 5.75. The summed E-state index contributed by atoms with van der Waals surface area (Å²) in [7, 11) is 0. The number of nitrogens with two attached hydrogens (primary N) is 1. The van der Waals surface area contributed by atoms with Crippen molar-refractivity contribution in [3.63, 3.8) is 0 Å². The summed E-state index contributed by atoms with van der Waals surface area (Å²) in [6, 6.07) is 3.55. The summed E-state index contributed by atoms with van der Waals surface area (Å²) in [6.45, 7) is 2.43. The second kappa shape index (κ2) is 4.62. The van der Waals surface area contributed by atoms with Gasteiger partial charge in [0.2, 0.25) is 0 Å². The van der Waals surface area contributed by atoms with E-state index in [1.54, 1.807) is 0 Å². The van der Waals surface area contributed by atoms with Gasteiger partial charge in [0.15, 0.2) is 0 Å². The highest BCUT2D eigenvalue weighted by molar-refractivity contribution is 5.36. The van der Waals surface area contributed by atoms with Crippen molar-refractivity contribution >= 4 is 5.69 Å². The minimum absolute atomic E-state index is 0.139. The lowest BCUT2D eigenvalue weighted by Gasteiger charge is -2.27. The summed E-state index contributed by atoms with van der Waals surface area (Å²) in [6.07, 6.45) is 0.894. The Labute approximate surface area is 104 Å². The number of non-ortho nitro benzene ring substituents is 1. The van der Waals surface area contributed by atoms with Crippen LogP contribution in [0, 0.1) is 15.9 Å². The first kappa shape index (κ1) is 12.9. The van der Waals surface area contributed by atoms with E-state index in [2.05, 4.69) is 0 Å². The van der Waals surface area contributed by atoms with Gasteiger partial charge in [-0.25, -0.2) is 4.39 Å². The summed E-state index contributed by atoms with van der Waals surface area (Å²) in [5.41, 5.74) is 5.89. The van der Waals surface area contributed by atoms with Gasteiger partial charge in [-0.15, -0.1) is 0 Å². The number of halogens is 1. The molecule has 0 aromatic heterocycles. The molecule has 0 bridgehead atoms. The zero-order chi connectivity index (χ0) is 13.3. The van der Waals surface area contributed by atoms with E-state index in [4.69, 9.17) is 10.5 Å². The number of nitro groups is 1. The largest absolute Gasteiger partial charge is 0.377 e. The van der Waals surface area contributed by atoms with Crippen LogP contribution in [0.4, 0.5) is 10.1 Å². The van der Waals surface area contributed by atoms with Gasteiger partial charge >= 0.3 is 0 Å². The molecule has 6 heteroatoms. The van der Waals surface area contributed by atoms with Crippen molar-refractivity contribution in [2.24, 2.45) is 5.73 Å². The van der Waals surface area contributed by atoms with Crippen LogP contribution in [0.3, 0.4) is 0 Å². The molecule has 1 heterocycles. The van der Waals surface area contributed by atoms with Gasteiger partial charge in [0.05, 0.1) is 17.1 Å². The second-order valence-electron chi connectivity index (χ2n) is 4.75. The Bertz CT molecular complexity index is 480. The van der Waals surface area contributed by atoms with E-state index >= 15 is 0 Å². The summed E-state index contributed by atoms with van der Waals surface area (Å²) in [4.78, 5) is 10.1. The zero-order valence-corrected chi connectivity index (χ0v) is 10.1. The molecular weight excluding hydrogens is 239 g/mol. The number of rotatable bonds is 3. The molecule has 18 heavy (non-hydrogen) atoms. The fraction of sp³-hybridized carbons (Fsp3) is 0.500. The third-order valence-electron chi connectivity index (χ3n) is 3.43. The lowest BCUT2D eigenvalue weighted by Crippen LogP contribution is -2.48. The summed E-state index contributed by atoms with van der Waals surface area (Å²) >= 11 is 0. The Morgan fingerprint density at radius 1 is 1.61 bits per heavy atom. The molecule has 1 fully saturated rings. The molecule has 0 amide bonds. The second-order valence-corrected chi connectivity index (χ2v) is 4.75. The van der Waals surface area contributed by atoms with Gasteiger partial charge in [-0.2, -0.15) is 0 Å². The van der Waals surface area contributed by atoms with Gasteiger partial charge in [0, 0.05) is 18.2 Å².